The van der Waals surface area contributed by atoms with Gasteiger partial charge in [-0.25, -0.2) is 9.97 Å². The molecule has 142 valence electrons. The van der Waals surface area contributed by atoms with E-state index in [0.29, 0.717) is 18.7 Å². The zero-order valence-corrected chi connectivity index (χ0v) is 15.6. The average molecular weight is 367 g/mol. The van der Waals surface area contributed by atoms with Crippen molar-refractivity contribution in [2.24, 2.45) is 0 Å². The highest BCUT2D eigenvalue weighted by Crippen LogP contribution is 2.15. The Kier molecular flexibility index (Phi) is 6.49. The highest BCUT2D eigenvalue weighted by Gasteiger charge is 2.25. The summed E-state index contributed by atoms with van der Waals surface area (Å²) in [7, 11) is 0. The second-order valence-electron chi connectivity index (χ2n) is 6.56. The molecule has 7 nitrogen and oxygen atoms in total. The van der Waals surface area contributed by atoms with Crippen molar-refractivity contribution in [3.63, 3.8) is 0 Å². The van der Waals surface area contributed by atoms with Crippen LogP contribution in [0.5, 0.6) is 0 Å². The van der Waals surface area contributed by atoms with Crippen LogP contribution in [0.1, 0.15) is 40.6 Å². The summed E-state index contributed by atoms with van der Waals surface area (Å²) in [6.45, 7) is 6.28. The summed E-state index contributed by atoms with van der Waals surface area (Å²) >= 11 is 0. The van der Waals surface area contributed by atoms with Gasteiger partial charge in [-0.15, -0.1) is 0 Å². The molecule has 1 N–H and O–H groups in total. The molecule has 1 aromatic carbocycles. The number of unbranched alkanes of at least 4 members (excludes halogenated alkanes) is 1. The van der Waals surface area contributed by atoms with Crippen molar-refractivity contribution < 1.29 is 9.59 Å². The van der Waals surface area contributed by atoms with Crippen LogP contribution < -0.4 is 5.32 Å². The van der Waals surface area contributed by atoms with Crippen molar-refractivity contribution in [3.05, 3.63) is 54.0 Å². The fourth-order valence-electron chi connectivity index (χ4n) is 3.06. The molecule has 0 radical (unpaired) electrons. The molecular weight excluding hydrogens is 342 g/mol. The lowest BCUT2D eigenvalue weighted by atomic mass is 10.2. The van der Waals surface area contributed by atoms with Crippen molar-refractivity contribution >= 4 is 17.6 Å². The Morgan fingerprint density at radius 2 is 1.74 bits per heavy atom. The third kappa shape index (κ3) is 4.89. The van der Waals surface area contributed by atoms with Gasteiger partial charge in [0.25, 0.3) is 11.8 Å². The number of hydrogen-bond acceptors (Lipinski definition) is 5. The molecule has 0 aliphatic carbocycles. The molecule has 0 saturated carbocycles. The van der Waals surface area contributed by atoms with Crippen LogP contribution >= 0.6 is 0 Å². The van der Waals surface area contributed by atoms with Crippen molar-refractivity contribution in [3.8, 4) is 0 Å². The second kappa shape index (κ2) is 9.23. The summed E-state index contributed by atoms with van der Waals surface area (Å²) in [6.07, 6.45) is 5.29. The van der Waals surface area contributed by atoms with E-state index < -0.39 is 0 Å². The van der Waals surface area contributed by atoms with Gasteiger partial charge in [-0.2, -0.15) is 0 Å². The predicted octanol–water partition coefficient (Wildman–Crippen LogP) is 2.29. The molecule has 0 atom stereocenters. The van der Waals surface area contributed by atoms with Crippen molar-refractivity contribution in [2.45, 2.75) is 19.8 Å². The zero-order valence-electron chi connectivity index (χ0n) is 15.6. The molecule has 0 unspecified atom stereocenters. The van der Waals surface area contributed by atoms with Crippen LogP contribution in [0, 0.1) is 0 Å². The predicted molar refractivity (Wildman–Crippen MR) is 104 cm³/mol. The maximum atomic E-state index is 12.9. The van der Waals surface area contributed by atoms with Gasteiger partial charge in [0, 0.05) is 44.1 Å². The quantitative estimate of drug-likeness (QED) is 0.847. The van der Waals surface area contributed by atoms with Crippen LogP contribution in [0.25, 0.3) is 0 Å². The molecule has 2 amide bonds. The Morgan fingerprint density at radius 3 is 2.44 bits per heavy atom. The van der Waals surface area contributed by atoms with E-state index >= 15 is 0 Å². The van der Waals surface area contributed by atoms with Crippen LogP contribution in [0.15, 0.2) is 42.7 Å². The van der Waals surface area contributed by atoms with E-state index in [1.807, 2.05) is 6.07 Å². The maximum absolute atomic E-state index is 12.9. The summed E-state index contributed by atoms with van der Waals surface area (Å²) in [5.74, 6) is -0.305. The lowest BCUT2D eigenvalue weighted by Gasteiger charge is -2.34. The minimum Gasteiger partial charge on any atom is -0.335 e. The van der Waals surface area contributed by atoms with Crippen LogP contribution in [0.3, 0.4) is 0 Å². The van der Waals surface area contributed by atoms with Crippen molar-refractivity contribution in [2.75, 3.05) is 38.0 Å². The highest BCUT2D eigenvalue weighted by molar-refractivity contribution is 6.07. The molecule has 1 saturated heterocycles. The van der Waals surface area contributed by atoms with Gasteiger partial charge in [0.1, 0.15) is 0 Å². The van der Waals surface area contributed by atoms with Gasteiger partial charge >= 0.3 is 0 Å². The standard InChI is InChI=1S/C20H25N5O2/c1-2-3-11-24-12-14-25(15-13-24)20(27)17-18(22-10-9-21-17)23-19(26)16-7-5-4-6-8-16/h4-10H,2-3,11-15H2,1H3,(H,22,23,26). The first-order valence-electron chi connectivity index (χ1n) is 9.38. The third-order valence-electron chi connectivity index (χ3n) is 4.66. The Balaban J connectivity index is 1.67. The smallest absolute Gasteiger partial charge is 0.276 e. The lowest BCUT2D eigenvalue weighted by molar-refractivity contribution is 0.0630. The van der Waals surface area contributed by atoms with E-state index in [2.05, 4.69) is 27.1 Å². The van der Waals surface area contributed by atoms with Crippen molar-refractivity contribution in [1.29, 1.82) is 0 Å². The number of benzene rings is 1. The van der Waals surface area contributed by atoms with Crippen LogP contribution in [-0.4, -0.2) is 64.3 Å². The van der Waals surface area contributed by atoms with Crippen LogP contribution in [0.4, 0.5) is 5.82 Å². The molecular formula is C20H25N5O2. The maximum Gasteiger partial charge on any atom is 0.276 e. The molecule has 2 aromatic rings. The van der Waals surface area contributed by atoms with Gasteiger partial charge in [-0.1, -0.05) is 31.5 Å². The Hall–Kier alpha value is -2.80. The third-order valence-corrected chi connectivity index (χ3v) is 4.66. The SMILES string of the molecule is CCCCN1CCN(C(=O)c2nccnc2NC(=O)c2ccccc2)CC1. The highest BCUT2D eigenvalue weighted by atomic mass is 16.2. The van der Waals surface area contributed by atoms with Gasteiger partial charge in [0.05, 0.1) is 0 Å². The van der Waals surface area contributed by atoms with E-state index in [0.717, 1.165) is 19.6 Å². The number of carbonyl (C=O) groups excluding carboxylic acids is 2. The molecule has 1 aliphatic heterocycles. The number of hydrogen-bond donors (Lipinski definition) is 1. The number of rotatable bonds is 6. The minimum atomic E-state index is -0.311. The molecule has 0 spiro atoms. The Bertz CT molecular complexity index is 773. The summed E-state index contributed by atoms with van der Waals surface area (Å²) in [5, 5.41) is 2.71. The monoisotopic (exact) mass is 367 g/mol. The minimum absolute atomic E-state index is 0.184. The number of anilines is 1. The van der Waals surface area contributed by atoms with E-state index in [1.165, 1.54) is 25.2 Å². The van der Waals surface area contributed by atoms with Gasteiger partial charge in [-0.3, -0.25) is 14.5 Å². The fraction of sp³-hybridized carbons (Fsp3) is 0.400. The summed E-state index contributed by atoms with van der Waals surface area (Å²) in [5.41, 5.74) is 0.690. The molecule has 27 heavy (non-hydrogen) atoms. The van der Waals surface area contributed by atoms with Gasteiger partial charge in [0.15, 0.2) is 11.5 Å². The topological polar surface area (TPSA) is 78.4 Å². The molecule has 1 aliphatic rings. The summed E-state index contributed by atoms with van der Waals surface area (Å²) in [6, 6.07) is 8.84. The van der Waals surface area contributed by atoms with Gasteiger partial charge in [-0.05, 0) is 25.1 Å². The first-order valence-corrected chi connectivity index (χ1v) is 9.38. The number of piperazine rings is 1. The molecule has 1 fully saturated rings. The molecule has 2 heterocycles. The van der Waals surface area contributed by atoms with Gasteiger partial charge in [0.2, 0.25) is 0 Å². The Labute approximate surface area is 159 Å². The number of carbonyl (C=O) groups is 2. The van der Waals surface area contributed by atoms with Crippen LogP contribution in [-0.2, 0) is 0 Å². The van der Waals surface area contributed by atoms with Crippen LogP contribution in [0.2, 0.25) is 0 Å². The summed E-state index contributed by atoms with van der Waals surface area (Å²) in [4.78, 5) is 37.8. The second-order valence-corrected chi connectivity index (χ2v) is 6.56. The van der Waals surface area contributed by atoms with E-state index in [1.54, 1.807) is 29.2 Å². The van der Waals surface area contributed by atoms with E-state index in [9.17, 15) is 9.59 Å². The molecule has 1 aromatic heterocycles. The van der Waals surface area contributed by atoms with E-state index in [4.69, 9.17) is 0 Å². The molecule has 3 rings (SSSR count). The Morgan fingerprint density at radius 1 is 1.04 bits per heavy atom. The summed E-state index contributed by atoms with van der Waals surface area (Å²) < 4.78 is 0. The number of aromatic nitrogens is 2. The molecule has 0 bridgehead atoms. The number of nitrogens with zero attached hydrogens (tertiary/aromatic N) is 4. The largest absolute Gasteiger partial charge is 0.335 e. The van der Waals surface area contributed by atoms with E-state index in [-0.39, 0.29) is 23.3 Å². The number of amides is 2. The van der Waals surface area contributed by atoms with Gasteiger partial charge < -0.3 is 10.2 Å². The number of nitrogens with one attached hydrogen (secondary N) is 1. The zero-order chi connectivity index (χ0) is 19.1. The average Bonchev–Trinajstić information content (AvgIpc) is 2.73. The normalized spacial score (nSPS) is 14.8. The first-order chi connectivity index (χ1) is 13.2. The molecule has 7 heteroatoms. The van der Waals surface area contributed by atoms with Crippen molar-refractivity contribution in [1.82, 2.24) is 19.8 Å². The first kappa shape index (κ1) is 19.0. The lowest BCUT2D eigenvalue weighted by Crippen LogP contribution is -2.49. The fourth-order valence-corrected chi connectivity index (χ4v) is 3.06.